The molecule has 0 aliphatic heterocycles. The van der Waals surface area contributed by atoms with Gasteiger partial charge in [0.2, 0.25) is 0 Å². The Bertz CT molecular complexity index is 181. The minimum Gasteiger partial charge on any atom is -0.371 e. The second-order valence-electron chi connectivity index (χ2n) is 2.55. The van der Waals surface area contributed by atoms with Crippen LogP contribution in [0, 0.1) is 5.92 Å². The van der Waals surface area contributed by atoms with Crippen molar-refractivity contribution in [3.05, 3.63) is 0 Å². The number of hydrogen-bond acceptors (Lipinski definition) is 3. The molecule has 0 aromatic heterocycles. The molecular weight excluding hydrogens is 171 g/mol. The van der Waals surface area contributed by atoms with Crippen LogP contribution in [0.3, 0.4) is 0 Å². The quantitative estimate of drug-likeness (QED) is 0.626. The molecule has 0 bridgehead atoms. The molecule has 0 atom stereocenters. The Morgan fingerprint density at radius 3 is 2.27 bits per heavy atom. The van der Waals surface area contributed by atoms with Crippen LogP contribution in [0.2, 0.25) is 0 Å². The predicted molar refractivity (Wildman–Crippen MR) is 37.6 cm³/mol. The fraction of sp³-hybridized carbons (Fsp3) is 0.800. The van der Waals surface area contributed by atoms with Crippen LogP contribution in [0.25, 0.3) is 0 Å². The highest BCUT2D eigenvalue weighted by molar-refractivity contribution is 7.46. The first-order valence-electron chi connectivity index (χ1n) is 3.09. The molecule has 0 saturated carbocycles. The summed E-state index contributed by atoms with van der Waals surface area (Å²) in [6.45, 7) is 3.50. The number of carbonyl (C=O) groups excluding carboxylic acids is 1. The van der Waals surface area contributed by atoms with Crippen LogP contribution in [0.1, 0.15) is 20.3 Å². The second-order valence-corrected chi connectivity index (χ2v) is 3.72. The Morgan fingerprint density at radius 1 is 1.55 bits per heavy atom. The van der Waals surface area contributed by atoms with E-state index in [1.54, 1.807) is 13.8 Å². The van der Waals surface area contributed by atoms with Gasteiger partial charge < -0.3 is 4.52 Å². The Hall–Kier alpha value is -0.380. The van der Waals surface area contributed by atoms with E-state index >= 15 is 0 Å². The summed E-state index contributed by atoms with van der Waals surface area (Å²) in [6, 6.07) is 0. The van der Waals surface area contributed by atoms with E-state index in [0.29, 0.717) is 0 Å². The van der Waals surface area contributed by atoms with Crippen LogP contribution >= 0.6 is 7.82 Å². The van der Waals surface area contributed by atoms with Crippen molar-refractivity contribution in [1.29, 1.82) is 0 Å². The van der Waals surface area contributed by atoms with E-state index in [1.807, 2.05) is 0 Å². The zero-order valence-electron chi connectivity index (χ0n) is 6.35. The third-order valence-electron chi connectivity index (χ3n) is 0.796. The first-order valence-corrected chi connectivity index (χ1v) is 4.62. The maximum Gasteiger partial charge on any atom is 0.526 e. The van der Waals surface area contributed by atoms with Gasteiger partial charge in [-0.3, -0.25) is 14.6 Å². The van der Waals surface area contributed by atoms with Crippen molar-refractivity contribution in [2.75, 3.05) is 0 Å². The topological polar surface area (TPSA) is 83.8 Å². The SMILES string of the molecule is CC(C)CC(=O)OP(=O)(O)O. The molecule has 0 spiro atoms. The van der Waals surface area contributed by atoms with E-state index in [2.05, 4.69) is 4.52 Å². The third kappa shape index (κ3) is 7.52. The van der Waals surface area contributed by atoms with Crippen molar-refractivity contribution in [3.63, 3.8) is 0 Å². The Kier molecular flexibility index (Phi) is 3.72. The highest BCUT2D eigenvalue weighted by Gasteiger charge is 2.20. The number of carbonyl (C=O) groups is 1. The standard InChI is InChI=1S/C5H11O5P/c1-4(2)3-5(6)10-11(7,8)9/h4H,3H2,1-2H3,(H2,7,8,9). The molecule has 0 amide bonds. The molecule has 2 N–H and O–H groups in total. The fourth-order valence-electron chi connectivity index (χ4n) is 0.503. The van der Waals surface area contributed by atoms with E-state index in [9.17, 15) is 9.36 Å². The van der Waals surface area contributed by atoms with Crippen LogP contribution in [-0.4, -0.2) is 15.8 Å². The molecule has 0 aliphatic carbocycles. The largest absolute Gasteiger partial charge is 0.526 e. The Morgan fingerprint density at radius 2 is 2.00 bits per heavy atom. The summed E-state index contributed by atoms with van der Waals surface area (Å²) < 4.78 is 13.9. The van der Waals surface area contributed by atoms with Gasteiger partial charge in [-0.15, -0.1) is 0 Å². The van der Waals surface area contributed by atoms with Gasteiger partial charge in [-0.1, -0.05) is 13.8 Å². The summed E-state index contributed by atoms with van der Waals surface area (Å²) in [5.41, 5.74) is 0. The number of hydrogen-bond donors (Lipinski definition) is 2. The van der Waals surface area contributed by atoms with E-state index in [1.165, 1.54) is 0 Å². The number of rotatable bonds is 3. The molecule has 0 aromatic carbocycles. The van der Waals surface area contributed by atoms with E-state index in [0.717, 1.165) is 0 Å². The Labute approximate surface area is 64.6 Å². The van der Waals surface area contributed by atoms with Gasteiger partial charge in [-0.2, -0.15) is 0 Å². The Balaban J connectivity index is 3.80. The van der Waals surface area contributed by atoms with E-state index in [4.69, 9.17) is 9.79 Å². The lowest BCUT2D eigenvalue weighted by Crippen LogP contribution is -2.05. The van der Waals surface area contributed by atoms with Gasteiger partial charge in [-0.05, 0) is 5.92 Å². The van der Waals surface area contributed by atoms with Crippen LogP contribution < -0.4 is 0 Å². The van der Waals surface area contributed by atoms with Crippen LogP contribution in [0.4, 0.5) is 0 Å². The average Bonchev–Trinajstić information content (AvgIpc) is 1.53. The van der Waals surface area contributed by atoms with Gasteiger partial charge in [0.05, 0.1) is 0 Å². The van der Waals surface area contributed by atoms with Crippen molar-refractivity contribution in [2.45, 2.75) is 20.3 Å². The van der Waals surface area contributed by atoms with Gasteiger partial charge in [0.1, 0.15) is 0 Å². The molecule has 0 aromatic rings. The van der Waals surface area contributed by atoms with Gasteiger partial charge in [0, 0.05) is 6.42 Å². The van der Waals surface area contributed by atoms with Gasteiger partial charge in [0.25, 0.3) is 0 Å². The zero-order chi connectivity index (χ0) is 9.07. The summed E-state index contributed by atoms with van der Waals surface area (Å²) in [4.78, 5) is 26.9. The molecule has 5 nitrogen and oxygen atoms in total. The molecule has 0 unspecified atom stereocenters. The molecule has 0 saturated heterocycles. The fourth-order valence-corrected chi connectivity index (χ4v) is 0.843. The van der Waals surface area contributed by atoms with E-state index < -0.39 is 13.8 Å². The number of phosphoric ester groups is 1. The molecule has 0 fully saturated rings. The van der Waals surface area contributed by atoms with Crippen LogP contribution in [0.15, 0.2) is 0 Å². The summed E-state index contributed by atoms with van der Waals surface area (Å²) in [5.74, 6) is -0.831. The van der Waals surface area contributed by atoms with Crippen molar-refractivity contribution in [3.8, 4) is 0 Å². The van der Waals surface area contributed by atoms with E-state index in [-0.39, 0.29) is 12.3 Å². The highest BCUT2D eigenvalue weighted by atomic mass is 31.2. The summed E-state index contributed by atoms with van der Waals surface area (Å²) >= 11 is 0. The minimum absolute atomic E-state index is 0.0190. The van der Waals surface area contributed by atoms with Crippen molar-refractivity contribution >= 4 is 13.8 Å². The summed E-state index contributed by atoms with van der Waals surface area (Å²) in [7, 11) is -4.63. The zero-order valence-corrected chi connectivity index (χ0v) is 7.25. The first-order chi connectivity index (χ1) is 4.81. The smallest absolute Gasteiger partial charge is 0.371 e. The molecule has 0 radical (unpaired) electrons. The molecule has 6 heteroatoms. The maximum absolute atomic E-state index is 10.6. The maximum atomic E-state index is 10.6. The molecule has 0 heterocycles. The molecule has 0 rings (SSSR count). The van der Waals surface area contributed by atoms with Crippen LogP contribution in [0.5, 0.6) is 0 Å². The lowest BCUT2D eigenvalue weighted by Gasteiger charge is -2.05. The van der Waals surface area contributed by atoms with Crippen LogP contribution in [-0.2, 0) is 13.9 Å². The summed E-state index contributed by atoms with van der Waals surface area (Å²) in [5, 5.41) is 0. The van der Waals surface area contributed by atoms with Crippen molar-refractivity contribution < 1.29 is 23.7 Å². The minimum atomic E-state index is -4.63. The monoisotopic (exact) mass is 182 g/mol. The molecule has 0 aliphatic rings. The van der Waals surface area contributed by atoms with Gasteiger partial charge in [0.15, 0.2) is 0 Å². The van der Waals surface area contributed by atoms with Crippen molar-refractivity contribution in [1.82, 2.24) is 0 Å². The van der Waals surface area contributed by atoms with Gasteiger partial charge in [-0.25, -0.2) is 4.57 Å². The lowest BCUT2D eigenvalue weighted by molar-refractivity contribution is -0.136. The predicted octanol–water partition coefficient (Wildman–Crippen LogP) is 0.668. The highest BCUT2D eigenvalue weighted by Crippen LogP contribution is 2.36. The first kappa shape index (κ1) is 10.6. The van der Waals surface area contributed by atoms with Crippen molar-refractivity contribution in [2.24, 2.45) is 5.92 Å². The molecule has 66 valence electrons. The average molecular weight is 182 g/mol. The number of phosphoric acid groups is 1. The van der Waals surface area contributed by atoms with Gasteiger partial charge >= 0.3 is 13.8 Å². The normalized spacial score (nSPS) is 11.7. The lowest BCUT2D eigenvalue weighted by atomic mass is 10.1. The summed E-state index contributed by atoms with van der Waals surface area (Å²) in [6.07, 6.45) is 0.0190. The third-order valence-corrected chi connectivity index (χ3v) is 1.24. The molecule has 11 heavy (non-hydrogen) atoms. The molecular formula is C5H11O5P. The second kappa shape index (κ2) is 3.85.